The van der Waals surface area contributed by atoms with Gasteiger partial charge in [0.1, 0.15) is 11.9 Å². The number of anilines is 1. The van der Waals surface area contributed by atoms with E-state index in [1.54, 1.807) is 19.0 Å². The summed E-state index contributed by atoms with van der Waals surface area (Å²) in [5.74, 6) is 0.360. The molecule has 1 rings (SSSR count). The second kappa shape index (κ2) is 3.91. The van der Waals surface area contributed by atoms with E-state index in [0.29, 0.717) is 11.6 Å². The van der Waals surface area contributed by atoms with Crippen LogP contribution in [-0.4, -0.2) is 31.1 Å². The number of ether oxygens (including phenoxy) is 1. The molecule has 0 unspecified atom stereocenters. The van der Waals surface area contributed by atoms with Gasteiger partial charge in [-0.05, 0) is 0 Å². The van der Waals surface area contributed by atoms with E-state index in [-0.39, 0.29) is 5.69 Å². The highest BCUT2D eigenvalue weighted by molar-refractivity contribution is 5.62. The number of pyridine rings is 1. The van der Waals surface area contributed by atoms with Gasteiger partial charge in [0.2, 0.25) is 5.88 Å². The standard InChI is InChI=1S/C8H11N3O3/c1-10(2)6-4-8(14-3)9-5-7(6)11(12)13/h4-5H,1-3H3. The highest BCUT2D eigenvalue weighted by Crippen LogP contribution is 2.28. The van der Waals surface area contributed by atoms with Gasteiger partial charge in [0, 0.05) is 20.2 Å². The SMILES string of the molecule is COc1cc(N(C)C)c([N+](=O)[O-])cn1. The van der Waals surface area contributed by atoms with Crippen molar-refractivity contribution in [1.82, 2.24) is 4.98 Å². The Morgan fingerprint density at radius 2 is 2.21 bits per heavy atom. The van der Waals surface area contributed by atoms with E-state index in [1.165, 1.54) is 19.4 Å². The molecule has 0 fully saturated rings. The van der Waals surface area contributed by atoms with Crippen LogP contribution in [0, 0.1) is 10.1 Å². The van der Waals surface area contributed by atoms with E-state index in [2.05, 4.69) is 4.98 Å². The van der Waals surface area contributed by atoms with Crippen LogP contribution in [0.2, 0.25) is 0 Å². The Morgan fingerprint density at radius 3 is 2.64 bits per heavy atom. The van der Waals surface area contributed by atoms with Crippen LogP contribution >= 0.6 is 0 Å². The molecule has 0 aliphatic rings. The van der Waals surface area contributed by atoms with Crippen molar-refractivity contribution in [2.75, 3.05) is 26.1 Å². The van der Waals surface area contributed by atoms with E-state index in [1.807, 2.05) is 0 Å². The van der Waals surface area contributed by atoms with Gasteiger partial charge in [-0.1, -0.05) is 0 Å². The number of hydrogen-bond acceptors (Lipinski definition) is 5. The van der Waals surface area contributed by atoms with Gasteiger partial charge in [0.05, 0.1) is 12.0 Å². The molecule has 0 saturated carbocycles. The predicted molar refractivity (Wildman–Crippen MR) is 51.8 cm³/mol. The normalized spacial score (nSPS) is 9.64. The zero-order chi connectivity index (χ0) is 10.7. The summed E-state index contributed by atoms with van der Waals surface area (Å²) >= 11 is 0. The van der Waals surface area contributed by atoms with Crippen LogP contribution in [0.15, 0.2) is 12.3 Å². The van der Waals surface area contributed by atoms with Gasteiger partial charge in [0.25, 0.3) is 0 Å². The maximum absolute atomic E-state index is 10.6. The molecule has 1 aromatic heterocycles. The Kier molecular flexibility index (Phi) is 2.85. The Morgan fingerprint density at radius 1 is 1.57 bits per heavy atom. The monoisotopic (exact) mass is 197 g/mol. The lowest BCUT2D eigenvalue weighted by Gasteiger charge is -2.12. The first-order valence-electron chi connectivity index (χ1n) is 3.92. The Labute approximate surface area is 81.3 Å². The van der Waals surface area contributed by atoms with Gasteiger partial charge < -0.3 is 9.64 Å². The van der Waals surface area contributed by atoms with E-state index >= 15 is 0 Å². The number of methoxy groups -OCH3 is 1. The number of rotatable bonds is 3. The zero-order valence-electron chi connectivity index (χ0n) is 8.22. The van der Waals surface area contributed by atoms with Crippen molar-refractivity contribution in [3.8, 4) is 5.88 Å². The summed E-state index contributed by atoms with van der Waals surface area (Å²) in [6, 6.07) is 1.53. The van der Waals surface area contributed by atoms with Crippen LogP contribution in [0.5, 0.6) is 5.88 Å². The summed E-state index contributed by atoms with van der Waals surface area (Å²) in [6.45, 7) is 0. The average Bonchev–Trinajstić information content (AvgIpc) is 2.16. The Balaban J connectivity index is 3.24. The summed E-state index contributed by atoms with van der Waals surface area (Å²) in [4.78, 5) is 15.6. The van der Waals surface area contributed by atoms with Gasteiger partial charge in [-0.2, -0.15) is 0 Å². The van der Waals surface area contributed by atoms with E-state index < -0.39 is 4.92 Å². The number of aromatic nitrogens is 1. The summed E-state index contributed by atoms with van der Waals surface area (Å²) in [6.07, 6.45) is 1.19. The fourth-order valence-electron chi connectivity index (χ4n) is 1.03. The van der Waals surface area contributed by atoms with Crippen LogP contribution < -0.4 is 9.64 Å². The van der Waals surface area contributed by atoms with Crippen LogP contribution in [0.4, 0.5) is 11.4 Å². The Hall–Kier alpha value is -1.85. The maximum atomic E-state index is 10.6. The quantitative estimate of drug-likeness (QED) is 0.535. The Bertz CT molecular complexity index is 352. The highest BCUT2D eigenvalue weighted by Gasteiger charge is 2.16. The fourth-order valence-corrected chi connectivity index (χ4v) is 1.03. The topological polar surface area (TPSA) is 68.5 Å². The molecular weight excluding hydrogens is 186 g/mol. The van der Waals surface area contributed by atoms with Crippen molar-refractivity contribution in [1.29, 1.82) is 0 Å². The largest absolute Gasteiger partial charge is 0.481 e. The lowest BCUT2D eigenvalue weighted by molar-refractivity contribution is -0.384. The van der Waals surface area contributed by atoms with Crippen molar-refractivity contribution in [2.24, 2.45) is 0 Å². The molecule has 1 aromatic rings. The molecule has 14 heavy (non-hydrogen) atoms. The van der Waals surface area contributed by atoms with Crippen LogP contribution in [0.25, 0.3) is 0 Å². The zero-order valence-corrected chi connectivity index (χ0v) is 8.22. The molecule has 0 radical (unpaired) electrons. The average molecular weight is 197 g/mol. The first-order valence-corrected chi connectivity index (χ1v) is 3.92. The number of nitrogens with zero attached hydrogens (tertiary/aromatic N) is 3. The van der Waals surface area contributed by atoms with E-state index in [4.69, 9.17) is 4.74 Å². The second-order valence-electron chi connectivity index (χ2n) is 2.87. The highest BCUT2D eigenvalue weighted by atomic mass is 16.6. The molecule has 6 nitrogen and oxygen atoms in total. The van der Waals surface area contributed by atoms with Crippen molar-refractivity contribution >= 4 is 11.4 Å². The van der Waals surface area contributed by atoms with Gasteiger partial charge in [-0.15, -0.1) is 0 Å². The first kappa shape index (κ1) is 10.2. The van der Waals surface area contributed by atoms with E-state index in [9.17, 15) is 10.1 Å². The molecule has 6 heteroatoms. The molecule has 0 aliphatic heterocycles. The molecule has 0 saturated heterocycles. The van der Waals surface area contributed by atoms with Crippen molar-refractivity contribution in [3.63, 3.8) is 0 Å². The maximum Gasteiger partial charge on any atom is 0.310 e. The second-order valence-corrected chi connectivity index (χ2v) is 2.87. The minimum atomic E-state index is -0.470. The van der Waals surface area contributed by atoms with Crippen molar-refractivity contribution in [3.05, 3.63) is 22.4 Å². The number of nitro groups is 1. The van der Waals surface area contributed by atoms with Gasteiger partial charge in [-0.25, -0.2) is 4.98 Å². The molecular formula is C8H11N3O3. The number of hydrogen-bond donors (Lipinski definition) is 0. The van der Waals surface area contributed by atoms with Crippen LogP contribution in [0.1, 0.15) is 0 Å². The molecule has 0 bridgehead atoms. The lowest BCUT2D eigenvalue weighted by Crippen LogP contribution is -2.11. The van der Waals surface area contributed by atoms with E-state index in [0.717, 1.165) is 0 Å². The van der Waals surface area contributed by atoms with Crippen molar-refractivity contribution in [2.45, 2.75) is 0 Å². The van der Waals surface area contributed by atoms with Crippen molar-refractivity contribution < 1.29 is 9.66 Å². The molecule has 0 N–H and O–H groups in total. The smallest absolute Gasteiger partial charge is 0.310 e. The minimum Gasteiger partial charge on any atom is -0.481 e. The van der Waals surface area contributed by atoms with Crippen LogP contribution in [0.3, 0.4) is 0 Å². The third kappa shape index (κ3) is 1.90. The molecule has 0 spiro atoms. The molecule has 0 amide bonds. The molecule has 0 aliphatic carbocycles. The third-order valence-electron chi connectivity index (χ3n) is 1.72. The molecule has 76 valence electrons. The third-order valence-corrected chi connectivity index (χ3v) is 1.72. The predicted octanol–water partition coefficient (Wildman–Crippen LogP) is 1.06. The van der Waals surface area contributed by atoms with Gasteiger partial charge >= 0.3 is 5.69 Å². The molecule has 1 heterocycles. The van der Waals surface area contributed by atoms with Gasteiger partial charge in [0.15, 0.2) is 0 Å². The molecule has 0 aromatic carbocycles. The fraction of sp³-hybridized carbons (Fsp3) is 0.375. The summed E-state index contributed by atoms with van der Waals surface area (Å²) < 4.78 is 4.88. The lowest BCUT2D eigenvalue weighted by atomic mass is 10.3. The summed E-state index contributed by atoms with van der Waals surface area (Å²) in [5, 5.41) is 10.6. The summed E-state index contributed by atoms with van der Waals surface area (Å²) in [5.41, 5.74) is 0.442. The van der Waals surface area contributed by atoms with Gasteiger partial charge in [-0.3, -0.25) is 10.1 Å². The molecule has 0 atom stereocenters. The first-order chi connectivity index (χ1) is 6.56. The van der Waals surface area contributed by atoms with Crippen LogP contribution in [-0.2, 0) is 0 Å². The minimum absolute atomic E-state index is 0.0317. The summed E-state index contributed by atoms with van der Waals surface area (Å²) in [7, 11) is 4.91.